The van der Waals surface area contributed by atoms with Crippen molar-refractivity contribution in [2.45, 2.75) is 49.6 Å². The smallest absolute Gasteiger partial charge is 0.408 e. The van der Waals surface area contributed by atoms with Crippen LogP contribution in [-0.2, 0) is 14.3 Å². The Labute approximate surface area is 197 Å². The highest BCUT2D eigenvalue weighted by molar-refractivity contribution is 5.93. The number of carbonyl (C=O) groups excluding carboxylic acids is 2. The zero-order chi connectivity index (χ0) is 23.4. The summed E-state index contributed by atoms with van der Waals surface area (Å²) in [6.45, 7) is 0.209. The molecule has 7 heteroatoms. The van der Waals surface area contributed by atoms with Crippen molar-refractivity contribution in [2.75, 3.05) is 6.61 Å². The van der Waals surface area contributed by atoms with Crippen molar-refractivity contribution in [1.29, 1.82) is 0 Å². The van der Waals surface area contributed by atoms with E-state index in [1.54, 1.807) is 0 Å². The Bertz CT molecular complexity index is 1130. The number of carbonyl (C=O) groups is 3. The number of benzene rings is 2. The number of alkyl carbamates (subject to hydrolysis) is 1. The van der Waals surface area contributed by atoms with E-state index in [-0.39, 0.29) is 36.3 Å². The SMILES string of the molecule is O=C(NC1(C(=O)N[C@H]2C[C@H]3CC(C(=O)O)C[C@H]32)CC1)OCC1c2ccccc2-c2ccccc21. The Kier molecular flexibility index (Phi) is 4.90. The number of hydrogen-bond acceptors (Lipinski definition) is 4. The number of rotatable bonds is 6. The molecule has 2 aromatic rings. The Morgan fingerprint density at radius 2 is 1.59 bits per heavy atom. The maximum atomic E-state index is 13.0. The number of carboxylic acid groups (broad SMARTS) is 1. The molecule has 4 aliphatic carbocycles. The lowest BCUT2D eigenvalue weighted by Gasteiger charge is -2.41. The third kappa shape index (κ3) is 3.45. The number of ether oxygens (including phenoxy) is 1. The molecular weight excluding hydrogens is 432 g/mol. The first-order valence-electron chi connectivity index (χ1n) is 12.1. The Balaban J connectivity index is 1.05. The van der Waals surface area contributed by atoms with Gasteiger partial charge in [0.15, 0.2) is 0 Å². The lowest BCUT2D eigenvalue weighted by molar-refractivity contribution is -0.141. The maximum absolute atomic E-state index is 13.0. The zero-order valence-corrected chi connectivity index (χ0v) is 18.8. The molecule has 4 atom stereocenters. The van der Waals surface area contributed by atoms with Crippen LogP contribution >= 0.6 is 0 Å². The van der Waals surface area contributed by atoms with E-state index in [1.807, 2.05) is 24.3 Å². The van der Waals surface area contributed by atoms with Crippen molar-refractivity contribution in [1.82, 2.24) is 10.6 Å². The lowest BCUT2D eigenvalue weighted by atomic mass is 9.71. The van der Waals surface area contributed by atoms with Gasteiger partial charge >= 0.3 is 12.1 Å². The van der Waals surface area contributed by atoms with Gasteiger partial charge in [0.1, 0.15) is 12.1 Å². The average Bonchev–Trinajstić information content (AvgIpc) is 3.42. The summed E-state index contributed by atoms with van der Waals surface area (Å²) in [6, 6.07) is 16.3. The molecule has 3 saturated carbocycles. The molecule has 4 aliphatic rings. The van der Waals surface area contributed by atoms with Gasteiger partial charge in [-0.15, -0.1) is 0 Å². The lowest BCUT2D eigenvalue weighted by Crippen LogP contribution is -2.57. The molecule has 7 nitrogen and oxygen atoms in total. The Morgan fingerprint density at radius 1 is 0.941 bits per heavy atom. The van der Waals surface area contributed by atoms with Crippen molar-refractivity contribution in [2.24, 2.45) is 17.8 Å². The van der Waals surface area contributed by atoms with Crippen molar-refractivity contribution in [3.05, 3.63) is 59.7 Å². The predicted molar refractivity (Wildman–Crippen MR) is 124 cm³/mol. The normalized spacial score (nSPS) is 27.5. The first-order chi connectivity index (χ1) is 16.4. The van der Waals surface area contributed by atoms with Gasteiger partial charge in [-0.1, -0.05) is 48.5 Å². The molecule has 34 heavy (non-hydrogen) atoms. The van der Waals surface area contributed by atoms with Crippen LogP contribution in [0, 0.1) is 17.8 Å². The molecule has 0 aliphatic heterocycles. The van der Waals surface area contributed by atoms with Crippen molar-refractivity contribution in [3.8, 4) is 11.1 Å². The van der Waals surface area contributed by atoms with Crippen LogP contribution in [-0.4, -0.2) is 41.3 Å². The monoisotopic (exact) mass is 460 g/mol. The third-order valence-corrected chi connectivity index (χ3v) is 8.36. The molecule has 3 fully saturated rings. The van der Waals surface area contributed by atoms with Crippen LogP contribution in [0.25, 0.3) is 11.1 Å². The van der Waals surface area contributed by atoms with Crippen molar-refractivity contribution < 1.29 is 24.2 Å². The summed E-state index contributed by atoms with van der Waals surface area (Å²) in [5, 5.41) is 15.2. The van der Waals surface area contributed by atoms with E-state index in [1.165, 1.54) is 11.1 Å². The van der Waals surface area contributed by atoms with Gasteiger partial charge in [-0.2, -0.15) is 0 Å². The van der Waals surface area contributed by atoms with Crippen LogP contribution in [0.2, 0.25) is 0 Å². The van der Waals surface area contributed by atoms with Crippen LogP contribution in [0.15, 0.2) is 48.5 Å². The van der Waals surface area contributed by atoms with E-state index in [0.717, 1.165) is 17.5 Å². The van der Waals surface area contributed by atoms with Gasteiger partial charge in [0.05, 0.1) is 5.92 Å². The molecule has 6 rings (SSSR count). The second-order valence-corrected chi connectivity index (χ2v) is 10.3. The van der Waals surface area contributed by atoms with Crippen LogP contribution in [0.1, 0.15) is 49.1 Å². The summed E-state index contributed by atoms with van der Waals surface area (Å²) in [5.74, 6) is -0.630. The highest BCUT2D eigenvalue weighted by atomic mass is 16.5. The molecule has 0 saturated heterocycles. The highest BCUT2D eigenvalue weighted by Crippen LogP contribution is 2.50. The standard InChI is InChI=1S/C27H28N2O5/c30-24(31)16-11-15-13-23(21(15)12-16)28-25(32)27(9-10-27)29-26(33)34-14-22-19-7-3-1-5-17(19)18-6-2-4-8-20(18)22/h1-8,15-16,21-23H,9-14H2,(H,28,32)(H,29,33)(H,30,31)/t15-,16?,21-,23+/m1/s1. The second kappa shape index (κ2) is 7.86. The Morgan fingerprint density at radius 3 is 2.21 bits per heavy atom. The number of amides is 2. The fourth-order valence-corrected chi connectivity index (χ4v) is 6.26. The molecule has 0 aromatic heterocycles. The van der Waals surface area contributed by atoms with E-state index in [2.05, 4.69) is 34.9 Å². The van der Waals surface area contributed by atoms with E-state index in [4.69, 9.17) is 4.74 Å². The fraction of sp³-hybridized carbons (Fsp3) is 0.444. The summed E-state index contributed by atoms with van der Waals surface area (Å²) in [7, 11) is 0. The largest absolute Gasteiger partial charge is 0.481 e. The molecule has 2 amide bonds. The maximum Gasteiger partial charge on any atom is 0.408 e. The minimum absolute atomic E-state index is 0.00337. The number of hydrogen-bond donors (Lipinski definition) is 3. The van der Waals surface area contributed by atoms with Gasteiger partial charge in [-0.3, -0.25) is 9.59 Å². The molecule has 3 N–H and O–H groups in total. The van der Waals surface area contributed by atoms with Gasteiger partial charge in [0.2, 0.25) is 5.91 Å². The topological polar surface area (TPSA) is 105 Å². The van der Waals surface area contributed by atoms with Gasteiger partial charge in [0.25, 0.3) is 0 Å². The molecule has 0 spiro atoms. The summed E-state index contributed by atoms with van der Waals surface area (Å²) < 4.78 is 5.63. The minimum atomic E-state index is -0.904. The predicted octanol–water partition coefficient (Wildman–Crippen LogP) is 3.67. The number of fused-ring (bicyclic) bond motifs is 4. The minimum Gasteiger partial charge on any atom is -0.481 e. The second-order valence-electron chi connectivity index (χ2n) is 10.3. The molecule has 0 bridgehead atoms. The highest BCUT2D eigenvalue weighted by Gasteiger charge is 2.55. The van der Waals surface area contributed by atoms with E-state index >= 15 is 0 Å². The molecule has 2 aromatic carbocycles. The van der Waals surface area contributed by atoms with Crippen LogP contribution in [0.3, 0.4) is 0 Å². The zero-order valence-electron chi connectivity index (χ0n) is 18.8. The van der Waals surface area contributed by atoms with E-state index < -0.39 is 17.6 Å². The summed E-state index contributed by atoms with van der Waals surface area (Å²) >= 11 is 0. The fourth-order valence-electron chi connectivity index (χ4n) is 6.26. The van der Waals surface area contributed by atoms with Crippen molar-refractivity contribution in [3.63, 3.8) is 0 Å². The quantitative estimate of drug-likeness (QED) is 0.610. The molecule has 176 valence electrons. The van der Waals surface area contributed by atoms with Crippen LogP contribution in [0.5, 0.6) is 0 Å². The Hall–Kier alpha value is -3.35. The average molecular weight is 461 g/mol. The molecule has 1 unspecified atom stereocenters. The van der Waals surface area contributed by atoms with Gasteiger partial charge in [0, 0.05) is 12.0 Å². The number of carboxylic acids is 1. The van der Waals surface area contributed by atoms with Gasteiger partial charge in [-0.25, -0.2) is 4.79 Å². The van der Waals surface area contributed by atoms with E-state index in [0.29, 0.717) is 31.6 Å². The summed E-state index contributed by atoms with van der Waals surface area (Å²) in [4.78, 5) is 36.9. The molecular formula is C27H28N2O5. The van der Waals surface area contributed by atoms with Crippen molar-refractivity contribution >= 4 is 18.0 Å². The number of aliphatic carboxylic acids is 1. The summed E-state index contributed by atoms with van der Waals surface area (Å²) in [5.41, 5.74) is 3.72. The molecule has 0 radical (unpaired) electrons. The van der Waals surface area contributed by atoms with Gasteiger partial charge < -0.3 is 20.5 Å². The number of nitrogens with one attached hydrogen (secondary N) is 2. The summed E-state index contributed by atoms with van der Waals surface area (Å²) in [6.07, 6.45) is 2.74. The molecule has 0 heterocycles. The van der Waals surface area contributed by atoms with Gasteiger partial charge in [-0.05, 0) is 66.2 Å². The van der Waals surface area contributed by atoms with Crippen LogP contribution < -0.4 is 10.6 Å². The first kappa shape index (κ1) is 21.2. The van der Waals surface area contributed by atoms with E-state index in [9.17, 15) is 19.5 Å². The van der Waals surface area contributed by atoms with Crippen LogP contribution in [0.4, 0.5) is 4.79 Å². The third-order valence-electron chi connectivity index (χ3n) is 8.36. The first-order valence-corrected chi connectivity index (χ1v) is 12.1.